The zero-order valence-corrected chi connectivity index (χ0v) is 6.45. The van der Waals surface area contributed by atoms with Crippen molar-refractivity contribution in [2.24, 2.45) is 0 Å². The molecule has 1 aromatic rings. The quantitative estimate of drug-likeness (QED) is 0.655. The minimum Gasteiger partial charge on any atom is -0.249 e. The molecule has 7 heteroatoms. The first-order valence-corrected chi connectivity index (χ1v) is 3.33. The molecule has 0 saturated carbocycles. The normalized spacial score (nSPS) is 12.2. The third kappa shape index (κ3) is 1.97. The lowest BCUT2D eigenvalue weighted by Gasteiger charge is -2.08. The van der Waals surface area contributed by atoms with Crippen molar-refractivity contribution in [2.75, 3.05) is 0 Å². The molecule has 0 saturated heterocycles. The second-order valence-electron chi connectivity index (χ2n) is 2.36. The number of hydrogen-bond donors (Lipinski definition) is 0. The van der Waals surface area contributed by atoms with Gasteiger partial charge in [-0.25, -0.2) is 18.2 Å². The van der Waals surface area contributed by atoms with Crippen LogP contribution in [0.1, 0.15) is 17.7 Å². The third-order valence-electron chi connectivity index (χ3n) is 1.42. The molecule has 1 nitrogen and oxygen atoms in total. The number of halogens is 6. The fourth-order valence-electron chi connectivity index (χ4n) is 0.825. The van der Waals surface area contributed by atoms with Crippen molar-refractivity contribution in [2.45, 2.75) is 12.6 Å². The summed E-state index contributed by atoms with van der Waals surface area (Å²) in [6, 6.07) is 0.509. The summed E-state index contributed by atoms with van der Waals surface area (Å²) >= 11 is 0. The van der Waals surface area contributed by atoms with Gasteiger partial charge in [0, 0.05) is 6.20 Å². The molecule has 0 spiro atoms. The van der Waals surface area contributed by atoms with Crippen LogP contribution in [0.15, 0.2) is 12.3 Å². The Bertz CT molecular complexity index is 331. The molecule has 0 aromatic carbocycles. The van der Waals surface area contributed by atoms with Crippen LogP contribution in [0.4, 0.5) is 26.3 Å². The maximum absolute atomic E-state index is 12.8. The summed E-state index contributed by atoms with van der Waals surface area (Å²) in [5.74, 6) is -2.02. The van der Waals surface area contributed by atoms with Crippen LogP contribution < -0.4 is 0 Å². The average Bonchev–Trinajstić information content (AvgIpc) is 2.01. The van der Waals surface area contributed by atoms with Crippen LogP contribution in [-0.4, -0.2) is 4.98 Å². The number of rotatable bonds is 1. The van der Waals surface area contributed by atoms with E-state index < -0.39 is 29.7 Å². The van der Waals surface area contributed by atoms with E-state index >= 15 is 0 Å². The summed E-state index contributed by atoms with van der Waals surface area (Å²) in [7, 11) is 0. The van der Waals surface area contributed by atoms with Crippen LogP contribution in [0, 0.1) is 5.82 Å². The predicted octanol–water partition coefficient (Wildman–Crippen LogP) is 3.18. The van der Waals surface area contributed by atoms with E-state index in [-0.39, 0.29) is 0 Å². The van der Waals surface area contributed by atoms with Crippen LogP contribution in [0.25, 0.3) is 0 Å². The van der Waals surface area contributed by atoms with Gasteiger partial charge in [-0.15, -0.1) is 0 Å². The molecule has 0 unspecified atom stereocenters. The van der Waals surface area contributed by atoms with Gasteiger partial charge in [0.2, 0.25) is 0 Å². The fraction of sp³-hybridized carbons (Fsp3) is 0.286. The second kappa shape index (κ2) is 3.47. The monoisotopic (exact) mass is 215 g/mol. The number of hydrogen-bond acceptors (Lipinski definition) is 1. The summed E-state index contributed by atoms with van der Waals surface area (Å²) in [5, 5.41) is 0. The molecule has 0 atom stereocenters. The van der Waals surface area contributed by atoms with Crippen LogP contribution in [0.3, 0.4) is 0 Å². The van der Waals surface area contributed by atoms with Crippen LogP contribution in [-0.2, 0) is 6.18 Å². The van der Waals surface area contributed by atoms with Crippen LogP contribution in [0.5, 0.6) is 0 Å². The average molecular weight is 215 g/mol. The van der Waals surface area contributed by atoms with Crippen molar-refractivity contribution in [3.63, 3.8) is 0 Å². The van der Waals surface area contributed by atoms with E-state index in [2.05, 4.69) is 4.98 Å². The Labute approximate surface area is 74.4 Å². The maximum Gasteiger partial charge on any atom is 0.436 e. The third-order valence-corrected chi connectivity index (χ3v) is 1.42. The molecule has 0 fully saturated rings. The van der Waals surface area contributed by atoms with Crippen molar-refractivity contribution in [3.05, 3.63) is 29.3 Å². The Hall–Kier alpha value is -1.27. The van der Waals surface area contributed by atoms with Crippen molar-refractivity contribution >= 4 is 0 Å². The highest BCUT2D eigenvalue weighted by Crippen LogP contribution is 2.33. The van der Waals surface area contributed by atoms with Gasteiger partial charge in [-0.1, -0.05) is 0 Å². The minimum absolute atomic E-state index is 0.493. The molecule has 0 aliphatic carbocycles. The molecular formula is C7H3F6N. The molecule has 14 heavy (non-hydrogen) atoms. The second-order valence-corrected chi connectivity index (χ2v) is 2.36. The van der Waals surface area contributed by atoms with Gasteiger partial charge in [0.1, 0.15) is 0 Å². The molecule has 0 bridgehead atoms. The molecule has 1 heterocycles. The molecule has 0 N–H and O–H groups in total. The smallest absolute Gasteiger partial charge is 0.249 e. The van der Waals surface area contributed by atoms with E-state index in [1.807, 2.05) is 0 Å². The zero-order chi connectivity index (χ0) is 10.9. The Morgan fingerprint density at radius 3 is 2.21 bits per heavy atom. The Morgan fingerprint density at radius 1 is 1.21 bits per heavy atom. The van der Waals surface area contributed by atoms with Gasteiger partial charge >= 0.3 is 6.18 Å². The molecule has 1 aromatic heterocycles. The van der Waals surface area contributed by atoms with E-state index in [1.165, 1.54) is 0 Å². The molecular weight excluding hydrogens is 212 g/mol. The highest BCUT2D eigenvalue weighted by Gasteiger charge is 2.37. The van der Waals surface area contributed by atoms with Crippen molar-refractivity contribution in [1.29, 1.82) is 0 Å². The summed E-state index contributed by atoms with van der Waals surface area (Å²) in [6.07, 6.45) is -7.86. The van der Waals surface area contributed by atoms with Crippen LogP contribution in [0.2, 0.25) is 0 Å². The molecule has 0 radical (unpaired) electrons. The van der Waals surface area contributed by atoms with E-state index in [1.54, 1.807) is 0 Å². The van der Waals surface area contributed by atoms with Gasteiger partial charge in [0.15, 0.2) is 11.5 Å². The zero-order valence-electron chi connectivity index (χ0n) is 6.45. The van der Waals surface area contributed by atoms with Crippen molar-refractivity contribution < 1.29 is 26.3 Å². The number of pyridine rings is 1. The van der Waals surface area contributed by atoms with Crippen LogP contribution >= 0.6 is 0 Å². The summed E-state index contributed by atoms with van der Waals surface area (Å²) in [4.78, 5) is 2.66. The maximum atomic E-state index is 12.8. The van der Waals surface area contributed by atoms with Crippen molar-refractivity contribution in [1.82, 2.24) is 4.98 Å². The van der Waals surface area contributed by atoms with Gasteiger partial charge in [-0.05, 0) is 6.07 Å². The first kappa shape index (κ1) is 10.8. The molecule has 78 valence electrons. The first-order chi connectivity index (χ1) is 6.34. The van der Waals surface area contributed by atoms with Gasteiger partial charge in [0.25, 0.3) is 6.43 Å². The summed E-state index contributed by atoms with van der Waals surface area (Å²) in [6.45, 7) is 0. The lowest BCUT2D eigenvalue weighted by molar-refractivity contribution is -0.143. The van der Waals surface area contributed by atoms with E-state index in [4.69, 9.17) is 0 Å². The van der Waals surface area contributed by atoms with Gasteiger partial charge in [-0.2, -0.15) is 13.2 Å². The summed E-state index contributed by atoms with van der Waals surface area (Å²) in [5.41, 5.74) is -3.22. The van der Waals surface area contributed by atoms with Crippen molar-refractivity contribution in [3.8, 4) is 0 Å². The molecule has 1 rings (SSSR count). The Morgan fingerprint density at radius 2 is 1.79 bits per heavy atom. The lowest BCUT2D eigenvalue weighted by atomic mass is 10.2. The van der Waals surface area contributed by atoms with E-state index in [0.717, 1.165) is 0 Å². The topological polar surface area (TPSA) is 12.9 Å². The number of aromatic nitrogens is 1. The fourth-order valence-corrected chi connectivity index (χ4v) is 0.825. The Balaban J connectivity index is 3.28. The lowest BCUT2D eigenvalue weighted by Crippen LogP contribution is -2.12. The Kier molecular flexibility index (Phi) is 2.68. The van der Waals surface area contributed by atoms with Gasteiger partial charge in [-0.3, -0.25) is 0 Å². The molecule has 0 aliphatic rings. The predicted molar refractivity (Wildman–Crippen MR) is 34.2 cm³/mol. The first-order valence-electron chi connectivity index (χ1n) is 3.33. The molecule has 0 aliphatic heterocycles. The number of alkyl halides is 5. The minimum atomic E-state index is -5.06. The van der Waals surface area contributed by atoms with E-state index in [0.29, 0.717) is 12.3 Å². The van der Waals surface area contributed by atoms with E-state index in [9.17, 15) is 26.3 Å². The highest BCUT2D eigenvalue weighted by atomic mass is 19.4. The molecule has 0 amide bonds. The largest absolute Gasteiger partial charge is 0.436 e. The highest BCUT2D eigenvalue weighted by molar-refractivity contribution is 5.22. The van der Waals surface area contributed by atoms with Gasteiger partial charge in [0.05, 0.1) is 5.56 Å². The number of nitrogens with zero attached hydrogens (tertiary/aromatic N) is 1. The summed E-state index contributed by atoms with van der Waals surface area (Å²) < 4.78 is 72.5. The standard InChI is InChI=1S/C7H3F6N/c8-4-3(6(9)10)1-2-14-5(4)7(11,12)13/h1-2,6H. The SMILES string of the molecule is Fc1c(C(F)F)ccnc1C(F)(F)F. The van der Waals surface area contributed by atoms with Gasteiger partial charge < -0.3 is 0 Å².